The van der Waals surface area contributed by atoms with Gasteiger partial charge in [0.2, 0.25) is 5.95 Å². The Bertz CT molecular complexity index is 868. The van der Waals surface area contributed by atoms with Crippen LogP contribution >= 0.6 is 11.6 Å². The van der Waals surface area contributed by atoms with Gasteiger partial charge in [0.05, 0.1) is 5.57 Å². The van der Waals surface area contributed by atoms with Gasteiger partial charge in [-0.05, 0) is 20.0 Å². The highest BCUT2D eigenvalue weighted by Crippen LogP contribution is 2.38. The summed E-state index contributed by atoms with van der Waals surface area (Å²) in [5.41, 5.74) is 2.30. The van der Waals surface area contributed by atoms with Crippen LogP contribution in [0.4, 0.5) is 5.95 Å². The molecule has 1 amide bonds. The maximum Gasteiger partial charge on any atom is 0.254 e. The average molecular weight is 373 g/mol. The lowest BCUT2D eigenvalue weighted by atomic mass is 9.94. The Balaban J connectivity index is 1.78. The zero-order valence-corrected chi connectivity index (χ0v) is 15.6. The summed E-state index contributed by atoms with van der Waals surface area (Å²) in [7, 11) is 2.07. The number of piperazine rings is 1. The molecular formula is C18H21ClN6O. The lowest BCUT2D eigenvalue weighted by Crippen LogP contribution is -2.49. The fourth-order valence-electron chi connectivity index (χ4n) is 3.53. The van der Waals surface area contributed by atoms with Gasteiger partial charge in [0, 0.05) is 42.5 Å². The van der Waals surface area contributed by atoms with Crippen molar-refractivity contribution in [2.75, 3.05) is 38.5 Å². The predicted octanol–water partition coefficient (Wildman–Crippen LogP) is 1.99. The molecule has 0 unspecified atom stereocenters. The number of anilines is 1. The molecule has 2 aromatic rings. The summed E-state index contributed by atoms with van der Waals surface area (Å²) in [6, 6.07) is 7.19. The van der Waals surface area contributed by atoms with Crippen LogP contribution in [0.15, 0.2) is 41.9 Å². The minimum Gasteiger partial charge on any atom is -0.336 e. The van der Waals surface area contributed by atoms with Crippen LogP contribution in [-0.2, 0) is 4.79 Å². The minimum absolute atomic E-state index is 0.0224. The maximum atomic E-state index is 13.4. The van der Waals surface area contributed by atoms with E-state index in [-0.39, 0.29) is 5.91 Å². The third kappa shape index (κ3) is 2.87. The highest BCUT2D eigenvalue weighted by molar-refractivity contribution is 6.31. The standard InChI is InChI=1S/C18H21ClN6O/c1-12-15(17(26)24-9-7-23(2)8-10-24)16(13-5-3-4-6-14(13)19)25-18(22-12)20-11-21-25/h3-6,11,16H,7-10H2,1-2H3,(H,20,21,22)/t16-/m1/s1. The van der Waals surface area contributed by atoms with Crippen LogP contribution < -0.4 is 5.32 Å². The molecule has 26 heavy (non-hydrogen) atoms. The van der Waals surface area contributed by atoms with E-state index in [2.05, 4.69) is 27.3 Å². The predicted molar refractivity (Wildman–Crippen MR) is 100 cm³/mol. The summed E-state index contributed by atoms with van der Waals surface area (Å²) in [5.74, 6) is 0.636. The molecule has 0 aliphatic carbocycles. The van der Waals surface area contributed by atoms with E-state index >= 15 is 0 Å². The van der Waals surface area contributed by atoms with Crippen molar-refractivity contribution in [1.29, 1.82) is 0 Å². The van der Waals surface area contributed by atoms with Gasteiger partial charge in [-0.2, -0.15) is 10.1 Å². The lowest BCUT2D eigenvalue weighted by molar-refractivity contribution is -0.129. The molecule has 0 bridgehead atoms. The number of benzene rings is 1. The van der Waals surface area contributed by atoms with Crippen LogP contribution in [0.3, 0.4) is 0 Å². The minimum atomic E-state index is -0.394. The summed E-state index contributed by atoms with van der Waals surface area (Å²) in [5, 5.41) is 8.17. The Kier molecular flexibility index (Phi) is 4.42. The molecule has 2 aliphatic rings. The number of nitrogens with one attached hydrogen (secondary N) is 1. The van der Waals surface area contributed by atoms with Gasteiger partial charge in [-0.15, -0.1) is 0 Å². The molecule has 1 aromatic heterocycles. The first-order chi connectivity index (χ1) is 12.6. The van der Waals surface area contributed by atoms with E-state index in [0.29, 0.717) is 29.6 Å². The second-order valence-corrected chi connectivity index (χ2v) is 7.12. The zero-order chi connectivity index (χ0) is 18.3. The zero-order valence-electron chi connectivity index (χ0n) is 14.8. The van der Waals surface area contributed by atoms with Gasteiger partial charge < -0.3 is 15.1 Å². The number of rotatable bonds is 2. The first-order valence-electron chi connectivity index (χ1n) is 8.66. The van der Waals surface area contributed by atoms with E-state index in [1.165, 1.54) is 6.33 Å². The third-order valence-electron chi connectivity index (χ3n) is 5.02. The van der Waals surface area contributed by atoms with E-state index in [1.54, 1.807) is 4.68 Å². The Hall–Kier alpha value is -2.38. The van der Waals surface area contributed by atoms with Crippen molar-refractivity contribution in [2.24, 2.45) is 0 Å². The molecular weight excluding hydrogens is 352 g/mol. The number of amides is 1. The van der Waals surface area contributed by atoms with Crippen LogP contribution in [0.1, 0.15) is 18.5 Å². The fraction of sp³-hybridized carbons (Fsp3) is 0.389. The second-order valence-electron chi connectivity index (χ2n) is 6.71. The Labute approximate surface area is 157 Å². The normalized spacial score (nSPS) is 20.7. The topological polar surface area (TPSA) is 66.3 Å². The highest BCUT2D eigenvalue weighted by Gasteiger charge is 2.36. The molecule has 4 rings (SSSR count). The van der Waals surface area contributed by atoms with Crippen LogP contribution in [0.25, 0.3) is 0 Å². The molecule has 1 fully saturated rings. The smallest absolute Gasteiger partial charge is 0.254 e. The summed E-state index contributed by atoms with van der Waals surface area (Å²) in [6.07, 6.45) is 1.49. The molecule has 1 atom stereocenters. The van der Waals surface area contributed by atoms with Crippen LogP contribution in [0.2, 0.25) is 5.02 Å². The summed E-state index contributed by atoms with van der Waals surface area (Å²) < 4.78 is 1.73. The van der Waals surface area contributed by atoms with E-state index in [1.807, 2.05) is 36.1 Å². The molecule has 136 valence electrons. The molecule has 1 saturated heterocycles. The Morgan fingerprint density at radius 2 is 1.96 bits per heavy atom. The lowest BCUT2D eigenvalue weighted by Gasteiger charge is -2.36. The van der Waals surface area contributed by atoms with Gasteiger partial charge in [-0.1, -0.05) is 29.8 Å². The van der Waals surface area contributed by atoms with E-state index in [4.69, 9.17) is 11.6 Å². The molecule has 0 saturated carbocycles. The molecule has 3 heterocycles. The number of allylic oxidation sites excluding steroid dienone is 1. The van der Waals surface area contributed by atoms with Gasteiger partial charge in [-0.25, -0.2) is 4.68 Å². The number of carbonyl (C=O) groups is 1. The van der Waals surface area contributed by atoms with E-state index < -0.39 is 6.04 Å². The number of halogens is 1. The molecule has 0 spiro atoms. The Morgan fingerprint density at radius 1 is 1.23 bits per heavy atom. The Morgan fingerprint density at radius 3 is 2.69 bits per heavy atom. The van der Waals surface area contributed by atoms with Crippen molar-refractivity contribution < 1.29 is 4.79 Å². The van der Waals surface area contributed by atoms with Crippen LogP contribution in [-0.4, -0.2) is 63.7 Å². The number of hydrogen-bond donors (Lipinski definition) is 1. The number of nitrogens with zero attached hydrogens (tertiary/aromatic N) is 5. The number of aromatic nitrogens is 3. The summed E-state index contributed by atoms with van der Waals surface area (Å²) >= 11 is 6.48. The molecule has 0 radical (unpaired) electrons. The van der Waals surface area contributed by atoms with Crippen LogP contribution in [0, 0.1) is 0 Å². The van der Waals surface area contributed by atoms with Crippen LogP contribution in [0.5, 0.6) is 0 Å². The van der Waals surface area contributed by atoms with E-state index in [0.717, 1.165) is 24.4 Å². The van der Waals surface area contributed by atoms with Crippen molar-refractivity contribution in [3.8, 4) is 0 Å². The molecule has 2 aliphatic heterocycles. The summed E-state index contributed by atoms with van der Waals surface area (Å²) in [4.78, 5) is 21.8. The second kappa shape index (κ2) is 6.74. The van der Waals surface area contributed by atoms with Crippen molar-refractivity contribution in [3.63, 3.8) is 0 Å². The molecule has 1 N–H and O–H groups in total. The molecule has 1 aromatic carbocycles. The first-order valence-corrected chi connectivity index (χ1v) is 9.03. The van der Waals surface area contributed by atoms with Gasteiger partial charge in [0.25, 0.3) is 5.91 Å². The number of fused-ring (bicyclic) bond motifs is 1. The van der Waals surface area contributed by atoms with Crippen molar-refractivity contribution in [2.45, 2.75) is 13.0 Å². The van der Waals surface area contributed by atoms with Crippen molar-refractivity contribution in [3.05, 3.63) is 52.4 Å². The SMILES string of the molecule is CC1=C(C(=O)N2CCN(C)CC2)[C@@H](c2ccccc2Cl)n2ncnc2N1. The largest absolute Gasteiger partial charge is 0.336 e. The number of likely N-dealkylation sites (N-methyl/N-ethyl adjacent to an activating group) is 1. The fourth-order valence-corrected chi connectivity index (χ4v) is 3.77. The van der Waals surface area contributed by atoms with Gasteiger partial charge in [0.1, 0.15) is 12.4 Å². The number of carbonyl (C=O) groups excluding carboxylic acids is 1. The monoisotopic (exact) mass is 372 g/mol. The molecule has 8 heteroatoms. The first kappa shape index (κ1) is 17.1. The number of hydrogen-bond acceptors (Lipinski definition) is 5. The van der Waals surface area contributed by atoms with Gasteiger partial charge >= 0.3 is 0 Å². The average Bonchev–Trinajstić information content (AvgIpc) is 3.09. The third-order valence-corrected chi connectivity index (χ3v) is 5.36. The van der Waals surface area contributed by atoms with Crippen molar-refractivity contribution in [1.82, 2.24) is 24.6 Å². The van der Waals surface area contributed by atoms with Crippen molar-refractivity contribution >= 4 is 23.5 Å². The van der Waals surface area contributed by atoms with Gasteiger partial charge in [0.15, 0.2) is 0 Å². The quantitative estimate of drug-likeness (QED) is 0.873. The van der Waals surface area contributed by atoms with Gasteiger partial charge in [-0.3, -0.25) is 4.79 Å². The molecule has 7 nitrogen and oxygen atoms in total. The summed E-state index contributed by atoms with van der Waals surface area (Å²) in [6.45, 7) is 5.08. The van der Waals surface area contributed by atoms with E-state index in [9.17, 15) is 4.79 Å². The maximum absolute atomic E-state index is 13.4. The highest BCUT2D eigenvalue weighted by atomic mass is 35.5.